The van der Waals surface area contributed by atoms with E-state index in [9.17, 15) is 9.59 Å². The molecule has 1 aliphatic heterocycles. The van der Waals surface area contributed by atoms with Crippen LogP contribution in [0.15, 0.2) is 0 Å². The molecule has 1 aliphatic carbocycles. The first-order chi connectivity index (χ1) is 9.95. The van der Waals surface area contributed by atoms with E-state index in [2.05, 4.69) is 18.7 Å². The Morgan fingerprint density at radius 1 is 1.05 bits per heavy atom. The predicted octanol–water partition coefficient (Wildman–Crippen LogP) is 1.85. The van der Waals surface area contributed by atoms with E-state index in [0.717, 1.165) is 25.9 Å². The smallest absolute Gasteiger partial charge is 0.311 e. The van der Waals surface area contributed by atoms with Crippen molar-refractivity contribution in [1.29, 1.82) is 0 Å². The summed E-state index contributed by atoms with van der Waals surface area (Å²) in [5.74, 6) is -1.32. The summed E-state index contributed by atoms with van der Waals surface area (Å²) in [4.78, 5) is 27.0. The molecule has 0 aromatic rings. The highest BCUT2D eigenvalue weighted by Crippen LogP contribution is 2.55. The lowest BCUT2D eigenvalue weighted by Gasteiger charge is -2.58. The Hall–Kier alpha value is -1.10. The molecule has 0 aromatic heterocycles. The number of carbonyl (C=O) groups excluding carboxylic acids is 2. The highest BCUT2D eigenvalue weighted by Gasteiger charge is 2.65. The summed E-state index contributed by atoms with van der Waals surface area (Å²) in [7, 11) is 0. The largest absolute Gasteiger partial charge is 0.466 e. The van der Waals surface area contributed by atoms with Crippen LogP contribution in [0.25, 0.3) is 0 Å². The Kier molecular flexibility index (Phi) is 4.91. The minimum Gasteiger partial charge on any atom is -0.466 e. The van der Waals surface area contributed by atoms with E-state index in [4.69, 9.17) is 9.47 Å². The second-order valence-electron chi connectivity index (χ2n) is 6.52. The summed E-state index contributed by atoms with van der Waals surface area (Å²) in [6.45, 7) is 10.4. The maximum Gasteiger partial charge on any atom is 0.311 e. The van der Waals surface area contributed by atoms with Gasteiger partial charge in [-0.05, 0) is 45.2 Å². The molecule has 1 saturated carbocycles. The minimum atomic E-state index is -0.401. The quantitative estimate of drug-likeness (QED) is 0.725. The lowest BCUT2D eigenvalue weighted by molar-refractivity contribution is -0.197. The summed E-state index contributed by atoms with van der Waals surface area (Å²) < 4.78 is 10.4. The van der Waals surface area contributed by atoms with Gasteiger partial charge < -0.3 is 9.47 Å². The number of hydrogen-bond acceptors (Lipinski definition) is 5. The van der Waals surface area contributed by atoms with Crippen molar-refractivity contribution in [3.63, 3.8) is 0 Å². The van der Waals surface area contributed by atoms with Gasteiger partial charge in [0.15, 0.2) is 0 Å². The Morgan fingerprint density at radius 2 is 1.57 bits per heavy atom. The van der Waals surface area contributed by atoms with Crippen molar-refractivity contribution in [3.8, 4) is 0 Å². The number of nitrogens with zero attached hydrogens (tertiary/aromatic N) is 1. The lowest BCUT2D eigenvalue weighted by Crippen LogP contribution is -2.69. The van der Waals surface area contributed by atoms with Crippen molar-refractivity contribution in [2.45, 2.75) is 46.6 Å². The van der Waals surface area contributed by atoms with Crippen LogP contribution in [0.1, 0.15) is 40.5 Å². The third-order valence-corrected chi connectivity index (χ3v) is 4.90. The van der Waals surface area contributed by atoms with Crippen LogP contribution in [0.2, 0.25) is 0 Å². The van der Waals surface area contributed by atoms with Gasteiger partial charge in [0.1, 0.15) is 0 Å². The van der Waals surface area contributed by atoms with Crippen LogP contribution in [0.5, 0.6) is 0 Å². The number of rotatable bonds is 5. The van der Waals surface area contributed by atoms with Crippen molar-refractivity contribution in [1.82, 2.24) is 4.90 Å². The molecule has 5 heteroatoms. The fourth-order valence-electron chi connectivity index (χ4n) is 4.08. The molecule has 0 aromatic carbocycles. The van der Waals surface area contributed by atoms with Gasteiger partial charge in [-0.2, -0.15) is 0 Å². The van der Waals surface area contributed by atoms with Crippen LogP contribution < -0.4 is 0 Å². The average molecular weight is 297 g/mol. The van der Waals surface area contributed by atoms with E-state index in [-0.39, 0.29) is 23.4 Å². The van der Waals surface area contributed by atoms with Crippen molar-refractivity contribution < 1.29 is 19.1 Å². The average Bonchev–Trinajstić information content (AvgIpc) is 2.90. The van der Waals surface area contributed by atoms with Gasteiger partial charge in [-0.1, -0.05) is 13.8 Å². The molecule has 2 aliphatic rings. The van der Waals surface area contributed by atoms with E-state index in [1.165, 1.54) is 0 Å². The Labute approximate surface area is 127 Å². The molecule has 0 N–H and O–H groups in total. The summed E-state index contributed by atoms with van der Waals surface area (Å²) in [5.41, 5.74) is -0.256. The molecule has 0 spiro atoms. The van der Waals surface area contributed by atoms with Crippen molar-refractivity contribution in [2.75, 3.05) is 26.3 Å². The van der Waals surface area contributed by atoms with E-state index in [0.29, 0.717) is 13.2 Å². The van der Waals surface area contributed by atoms with Crippen LogP contribution in [0.3, 0.4) is 0 Å². The fraction of sp³-hybridized carbons (Fsp3) is 0.875. The van der Waals surface area contributed by atoms with Gasteiger partial charge in [-0.25, -0.2) is 0 Å². The van der Waals surface area contributed by atoms with Crippen molar-refractivity contribution in [2.24, 2.45) is 17.3 Å². The second kappa shape index (κ2) is 6.34. The maximum atomic E-state index is 12.3. The SMILES string of the molecule is CCOC(=O)[C@@H]1[C@H](C(=O)OCC)C(C)(C)[C@@H]1N1CCCC1. The minimum absolute atomic E-state index is 0.0773. The molecule has 0 radical (unpaired) electrons. The topological polar surface area (TPSA) is 55.8 Å². The zero-order valence-corrected chi connectivity index (χ0v) is 13.6. The van der Waals surface area contributed by atoms with Gasteiger partial charge in [0.25, 0.3) is 0 Å². The zero-order chi connectivity index (χ0) is 15.6. The molecule has 5 nitrogen and oxygen atoms in total. The molecule has 0 bridgehead atoms. The first kappa shape index (κ1) is 16.3. The van der Waals surface area contributed by atoms with E-state index < -0.39 is 11.8 Å². The second-order valence-corrected chi connectivity index (χ2v) is 6.52. The first-order valence-electron chi connectivity index (χ1n) is 8.02. The van der Waals surface area contributed by atoms with Crippen LogP contribution in [-0.4, -0.2) is 49.2 Å². The van der Waals surface area contributed by atoms with E-state index in [1.54, 1.807) is 13.8 Å². The monoisotopic (exact) mass is 297 g/mol. The highest BCUT2D eigenvalue weighted by atomic mass is 16.5. The molecule has 2 fully saturated rings. The van der Waals surface area contributed by atoms with E-state index in [1.807, 2.05) is 0 Å². The van der Waals surface area contributed by atoms with Gasteiger partial charge in [0.2, 0.25) is 0 Å². The summed E-state index contributed by atoms with van der Waals surface area (Å²) >= 11 is 0. The van der Waals surface area contributed by atoms with Gasteiger partial charge in [-0.15, -0.1) is 0 Å². The maximum absolute atomic E-state index is 12.3. The molecule has 3 atom stereocenters. The Balaban J connectivity index is 2.22. The normalized spacial score (nSPS) is 31.5. The number of carbonyl (C=O) groups is 2. The van der Waals surface area contributed by atoms with Gasteiger partial charge in [0, 0.05) is 6.04 Å². The molecule has 1 heterocycles. The van der Waals surface area contributed by atoms with Gasteiger partial charge in [0.05, 0.1) is 25.0 Å². The molecule has 1 saturated heterocycles. The molecular formula is C16H27NO4. The standard InChI is InChI=1S/C16H27NO4/c1-5-20-14(18)11-12(15(19)21-6-2)16(3,4)13(11)17-9-7-8-10-17/h11-13H,5-10H2,1-4H3/t11-,12-,13-/m1/s1. The summed E-state index contributed by atoms with van der Waals surface area (Å²) in [6.07, 6.45) is 2.32. The van der Waals surface area contributed by atoms with Crippen LogP contribution >= 0.6 is 0 Å². The molecule has 0 amide bonds. The molecule has 0 unspecified atom stereocenters. The lowest BCUT2D eigenvalue weighted by atomic mass is 9.51. The van der Waals surface area contributed by atoms with Gasteiger partial charge in [-0.3, -0.25) is 14.5 Å². The zero-order valence-electron chi connectivity index (χ0n) is 13.6. The van der Waals surface area contributed by atoms with Crippen LogP contribution in [-0.2, 0) is 19.1 Å². The third kappa shape index (κ3) is 2.80. The molecule has 120 valence electrons. The van der Waals surface area contributed by atoms with Crippen molar-refractivity contribution >= 4 is 11.9 Å². The Morgan fingerprint density at radius 3 is 2.10 bits per heavy atom. The van der Waals surface area contributed by atoms with Crippen LogP contribution in [0.4, 0.5) is 0 Å². The predicted molar refractivity (Wildman–Crippen MR) is 78.6 cm³/mol. The molecule has 2 rings (SSSR count). The third-order valence-electron chi connectivity index (χ3n) is 4.90. The van der Waals surface area contributed by atoms with E-state index >= 15 is 0 Å². The van der Waals surface area contributed by atoms with Gasteiger partial charge >= 0.3 is 11.9 Å². The number of hydrogen-bond donors (Lipinski definition) is 0. The number of ether oxygens (including phenoxy) is 2. The molecular weight excluding hydrogens is 270 g/mol. The van der Waals surface area contributed by atoms with Crippen LogP contribution in [0, 0.1) is 17.3 Å². The first-order valence-corrected chi connectivity index (χ1v) is 8.02. The number of likely N-dealkylation sites (tertiary alicyclic amines) is 1. The fourth-order valence-corrected chi connectivity index (χ4v) is 4.08. The van der Waals surface area contributed by atoms with Crippen molar-refractivity contribution in [3.05, 3.63) is 0 Å². The number of esters is 2. The highest BCUT2D eigenvalue weighted by molar-refractivity contribution is 5.86. The summed E-state index contributed by atoms with van der Waals surface area (Å²) in [5, 5.41) is 0. The molecule has 21 heavy (non-hydrogen) atoms. The summed E-state index contributed by atoms with van der Waals surface area (Å²) in [6, 6.07) is 0.0773. The Bertz CT molecular complexity index is 401.